The lowest BCUT2D eigenvalue weighted by Gasteiger charge is -2.42. The fourth-order valence-corrected chi connectivity index (χ4v) is 5.74. The van der Waals surface area contributed by atoms with Gasteiger partial charge < -0.3 is 16.0 Å². The molecule has 0 saturated carbocycles. The van der Waals surface area contributed by atoms with Gasteiger partial charge in [-0.25, -0.2) is 8.42 Å². The van der Waals surface area contributed by atoms with Crippen molar-refractivity contribution in [2.75, 3.05) is 26.2 Å². The number of hydrogen-bond donors (Lipinski definition) is 2. The largest absolute Gasteiger partial charge is 0.352 e. The van der Waals surface area contributed by atoms with E-state index < -0.39 is 28.0 Å². The molecule has 0 aromatic heterocycles. The topological polar surface area (TPSA) is 113 Å². The normalized spacial score (nSPS) is 17.2. The highest BCUT2D eigenvalue weighted by Crippen LogP contribution is 2.27. The van der Waals surface area contributed by atoms with Crippen molar-refractivity contribution in [1.29, 1.82) is 0 Å². The van der Waals surface area contributed by atoms with Crippen LogP contribution in [0.1, 0.15) is 22.3 Å². The number of rotatable bonds is 7. The summed E-state index contributed by atoms with van der Waals surface area (Å²) in [5, 5.41) is 3.08. The van der Waals surface area contributed by atoms with E-state index in [-0.39, 0.29) is 42.5 Å². The lowest BCUT2D eigenvalue weighted by atomic mass is 10.1. The van der Waals surface area contributed by atoms with Gasteiger partial charge in [-0.05, 0) is 30.2 Å². The highest BCUT2D eigenvalue weighted by Gasteiger charge is 2.43. The molecule has 0 bridgehead atoms. The van der Waals surface area contributed by atoms with E-state index in [1.54, 1.807) is 30.3 Å². The molecular weight excluding hydrogens is 475 g/mol. The van der Waals surface area contributed by atoms with Crippen molar-refractivity contribution >= 4 is 45.0 Å². The molecule has 1 aliphatic heterocycles. The van der Waals surface area contributed by atoms with Crippen LogP contribution in [0.2, 0.25) is 10.0 Å². The molecule has 2 amide bonds. The average molecular weight is 499 g/mol. The van der Waals surface area contributed by atoms with Crippen molar-refractivity contribution in [3.8, 4) is 0 Å². The molecule has 1 fully saturated rings. The molecule has 8 nitrogen and oxygen atoms in total. The van der Waals surface area contributed by atoms with Crippen LogP contribution in [-0.4, -0.2) is 61.8 Å². The second kappa shape index (κ2) is 10.6. The first kappa shape index (κ1) is 24.5. The summed E-state index contributed by atoms with van der Waals surface area (Å²) in [5.74, 6) is -1.47. The van der Waals surface area contributed by atoms with Crippen LogP contribution >= 0.6 is 23.2 Å². The van der Waals surface area contributed by atoms with E-state index in [2.05, 4.69) is 5.32 Å². The number of carbonyl (C=O) groups excluding carboxylic acids is 2. The molecule has 172 valence electrons. The second-order valence-electron chi connectivity index (χ2n) is 7.28. The van der Waals surface area contributed by atoms with Crippen molar-refractivity contribution in [2.24, 2.45) is 5.73 Å². The van der Waals surface area contributed by atoms with Gasteiger partial charge in [-0.2, -0.15) is 4.31 Å². The van der Waals surface area contributed by atoms with Crippen molar-refractivity contribution in [3.05, 3.63) is 69.7 Å². The third kappa shape index (κ3) is 5.60. The summed E-state index contributed by atoms with van der Waals surface area (Å²) in [6.07, 6.45) is -0.991. The lowest BCUT2D eigenvalue weighted by molar-refractivity contribution is -0.130. The quantitative estimate of drug-likeness (QED) is 0.606. The van der Waals surface area contributed by atoms with E-state index in [0.29, 0.717) is 17.0 Å². The van der Waals surface area contributed by atoms with Crippen molar-refractivity contribution < 1.29 is 18.0 Å². The molecule has 32 heavy (non-hydrogen) atoms. The first-order valence-electron chi connectivity index (χ1n) is 10.0. The van der Waals surface area contributed by atoms with E-state index in [1.807, 2.05) is 0 Å². The van der Waals surface area contributed by atoms with Gasteiger partial charge in [-0.3, -0.25) is 9.59 Å². The summed E-state index contributed by atoms with van der Waals surface area (Å²) in [7, 11) is -3.93. The fourth-order valence-electron chi connectivity index (χ4n) is 3.55. The number of hydrogen-bond acceptors (Lipinski definition) is 5. The molecule has 0 spiro atoms. The van der Waals surface area contributed by atoms with E-state index in [1.165, 1.54) is 23.1 Å². The Morgan fingerprint density at radius 1 is 1.09 bits per heavy atom. The number of benzene rings is 2. The van der Waals surface area contributed by atoms with E-state index in [0.717, 1.165) is 4.31 Å². The summed E-state index contributed by atoms with van der Waals surface area (Å²) in [6, 6.07) is 13.1. The molecule has 0 aliphatic carbocycles. The molecule has 2 aromatic carbocycles. The molecule has 1 saturated heterocycles. The zero-order chi connectivity index (χ0) is 23.3. The second-order valence-corrected chi connectivity index (χ2v) is 10.0. The Morgan fingerprint density at radius 2 is 1.81 bits per heavy atom. The fraction of sp³-hybridized carbons (Fsp3) is 0.333. The highest BCUT2D eigenvalue weighted by molar-refractivity contribution is 7.88. The number of nitrogens with zero attached hydrogens (tertiary/aromatic N) is 2. The van der Waals surface area contributed by atoms with E-state index in [9.17, 15) is 18.0 Å². The smallest absolute Gasteiger partial charge is 0.259 e. The SMILES string of the molecule is NCCNC(=O)C1N(C(=O)c2ccc(Cl)cc2Cl)CCCN1S(=O)(=O)Cc1ccccc1. The molecule has 0 radical (unpaired) electrons. The molecule has 2 aromatic rings. The molecule has 1 heterocycles. The number of sulfonamides is 1. The maximum atomic E-state index is 13.3. The van der Waals surface area contributed by atoms with Crippen LogP contribution in [0.5, 0.6) is 0 Å². The monoisotopic (exact) mass is 498 g/mol. The standard InChI is InChI=1S/C21H24Cl2N4O4S/c22-16-7-8-17(18(23)13-16)21(29)26-11-4-12-27(20(26)19(28)25-10-9-24)32(30,31)14-15-5-2-1-3-6-15/h1-3,5-8,13,20H,4,9-12,14,24H2,(H,25,28). The van der Waals surface area contributed by atoms with Gasteiger partial charge in [-0.1, -0.05) is 53.5 Å². The molecule has 3 N–H and O–H groups in total. The summed E-state index contributed by atoms with van der Waals surface area (Å²) in [4.78, 5) is 27.6. The summed E-state index contributed by atoms with van der Waals surface area (Å²) >= 11 is 12.1. The number of halogens is 2. The van der Waals surface area contributed by atoms with E-state index >= 15 is 0 Å². The first-order valence-corrected chi connectivity index (χ1v) is 12.4. The van der Waals surface area contributed by atoms with Crippen LogP contribution in [-0.2, 0) is 20.6 Å². The summed E-state index contributed by atoms with van der Waals surface area (Å²) in [6.45, 7) is 0.613. The van der Waals surface area contributed by atoms with Gasteiger partial charge in [-0.15, -0.1) is 0 Å². The summed E-state index contributed by atoms with van der Waals surface area (Å²) in [5.41, 5.74) is 6.21. The van der Waals surface area contributed by atoms with Gasteiger partial charge in [0.25, 0.3) is 11.8 Å². The number of amides is 2. The Balaban J connectivity index is 1.97. The molecule has 1 atom stereocenters. The van der Waals surface area contributed by atoms with Crippen LogP contribution in [0.15, 0.2) is 48.5 Å². The van der Waals surface area contributed by atoms with Crippen LogP contribution in [0, 0.1) is 0 Å². The minimum Gasteiger partial charge on any atom is -0.352 e. The van der Waals surface area contributed by atoms with Gasteiger partial charge in [0.2, 0.25) is 10.0 Å². The number of nitrogens with two attached hydrogens (primary N) is 1. The van der Waals surface area contributed by atoms with Crippen LogP contribution in [0.4, 0.5) is 0 Å². The predicted octanol–water partition coefficient (Wildman–Crippen LogP) is 2.07. The third-order valence-electron chi connectivity index (χ3n) is 5.00. The third-order valence-corrected chi connectivity index (χ3v) is 7.34. The Bertz CT molecular complexity index is 1080. The minimum absolute atomic E-state index is 0.105. The minimum atomic E-state index is -3.93. The Kier molecular flexibility index (Phi) is 8.13. The van der Waals surface area contributed by atoms with Gasteiger partial charge in [0.05, 0.1) is 16.3 Å². The van der Waals surface area contributed by atoms with Gasteiger partial charge in [0.15, 0.2) is 6.17 Å². The lowest BCUT2D eigenvalue weighted by Crippen LogP contribution is -2.63. The Labute approximate surface area is 197 Å². The Morgan fingerprint density at radius 3 is 2.47 bits per heavy atom. The van der Waals surface area contributed by atoms with Crippen molar-refractivity contribution in [3.63, 3.8) is 0 Å². The van der Waals surface area contributed by atoms with Crippen LogP contribution in [0.3, 0.4) is 0 Å². The molecule has 1 unspecified atom stereocenters. The molecule has 11 heteroatoms. The van der Waals surface area contributed by atoms with Crippen LogP contribution in [0.25, 0.3) is 0 Å². The van der Waals surface area contributed by atoms with Gasteiger partial charge in [0.1, 0.15) is 0 Å². The van der Waals surface area contributed by atoms with E-state index in [4.69, 9.17) is 28.9 Å². The van der Waals surface area contributed by atoms with Crippen LogP contribution < -0.4 is 11.1 Å². The molecular formula is C21H24Cl2N4O4S. The number of nitrogens with one attached hydrogen (secondary N) is 1. The maximum absolute atomic E-state index is 13.3. The molecule has 1 aliphatic rings. The zero-order valence-corrected chi connectivity index (χ0v) is 19.5. The zero-order valence-electron chi connectivity index (χ0n) is 17.2. The predicted molar refractivity (Wildman–Crippen MR) is 124 cm³/mol. The number of carbonyl (C=O) groups is 2. The van der Waals surface area contributed by atoms with Gasteiger partial charge >= 0.3 is 0 Å². The average Bonchev–Trinajstić information content (AvgIpc) is 2.77. The van der Waals surface area contributed by atoms with Crippen molar-refractivity contribution in [2.45, 2.75) is 18.3 Å². The summed E-state index contributed by atoms with van der Waals surface area (Å²) < 4.78 is 27.7. The first-order chi connectivity index (χ1) is 15.2. The highest BCUT2D eigenvalue weighted by atomic mass is 35.5. The van der Waals surface area contributed by atoms with Gasteiger partial charge in [0, 0.05) is 31.2 Å². The molecule has 3 rings (SSSR count). The maximum Gasteiger partial charge on any atom is 0.259 e. The van der Waals surface area contributed by atoms with Crippen molar-refractivity contribution in [1.82, 2.24) is 14.5 Å². The Hall–Kier alpha value is -2.17.